The van der Waals surface area contributed by atoms with E-state index in [4.69, 9.17) is 38.2 Å². The summed E-state index contributed by atoms with van der Waals surface area (Å²) in [7, 11) is 2.67. The molecule has 3 rings (SSSR count). The Morgan fingerprint density at radius 2 is 1.49 bits per heavy atom. The molecule has 0 aromatic rings. The Morgan fingerprint density at radius 3 is 2.05 bits per heavy atom. The van der Waals surface area contributed by atoms with Crippen molar-refractivity contribution in [1.82, 2.24) is 0 Å². The molecule has 0 radical (unpaired) electrons. The summed E-state index contributed by atoms with van der Waals surface area (Å²) < 4.78 is 32.6. The van der Waals surface area contributed by atoms with E-state index in [1.54, 1.807) is 6.92 Å². The topological polar surface area (TPSA) is 215 Å². The van der Waals surface area contributed by atoms with Gasteiger partial charge in [-0.25, -0.2) is 9.78 Å². The fraction of sp³-hybridized carbons (Fsp3) is 1.00. The van der Waals surface area contributed by atoms with Crippen molar-refractivity contribution < 1.29 is 73.9 Å². The third-order valence-electron chi connectivity index (χ3n) is 6.78. The molecule has 3 aliphatic rings. The molecule has 0 aromatic carbocycles. The van der Waals surface area contributed by atoms with Gasteiger partial charge in [0, 0.05) is 14.2 Å². The number of halogens is 1. The van der Waals surface area contributed by atoms with Gasteiger partial charge in [-0.05, 0) is 29.5 Å². The van der Waals surface area contributed by atoms with Crippen LogP contribution in [0.3, 0.4) is 0 Å². The number of hydrogen-bond donors (Lipinski definition) is 7. The molecule has 15 atom stereocenters. The van der Waals surface area contributed by atoms with Crippen molar-refractivity contribution >= 4 is 22.6 Å². The van der Waals surface area contributed by atoms with Crippen molar-refractivity contribution in [3.05, 3.63) is 0 Å². The van der Waals surface area contributed by atoms with Gasteiger partial charge in [0.05, 0.1) is 25.9 Å². The molecule has 0 aliphatic carbocycles. The molecular formula is C21H37IO15. The van der Waals surface area contributed by atoms with Crippen LogP contribution in [0, 0.1) is 0 Å². The van der Waals surface area contributed by atoms with Gasteiger partial charge in [-0.1, -0.05) is 0 Å². The number of methoxy groups -OCH3 is 2. The highest BCUT2D eigenvalue weighted by Crippen LogP contribution is 2.35. The van der Waals surface area contributed by atoms with Crippen LogP contribution in [0.1, 0.15) is 6.92 Å². The van der Waals surface area contributed by atoms with Crippen molar-refractivity contribution in [2.75, 3.05) is 34.0 Å². The maximum Gasteiger partial charge on any atom is 0.187 e. The summed E-state index contributed by atoms with van der Waals surface area (Å²) in [6, 6.07) is 0. The van der Waals surface area contributed by atoms with Gasteiger partial charge in [0.15, 0.2) is 18.5 Å². The van der Waals surface area contributed by atoms with Crippen molar-refractivity contribution in [2.45, 2.75) is 96.7 Å². The molecule has 218 valence electrons. The molecule has 7 N–H and O–H groups in total. The molecule has 15 nitrogen and oxygen atoms in total. The fourth-order valence-corrected chi connectivity index (χ4v) is 5.50. The van der Waals surface area contributed by atoms with Gasteiger partial charge in [-0.2, -0.15) is 0 Å². The second-order valence-electron chi connectivity index (χ2n) is 9.08. The van der Waals surface area contributed by atoms with Gasteiger partial charge in [-0.15, -0.1) is 0 Å². The molecule has 0 saturated carbocycles. The van der Waals surface area contributed by atoms with Gasteiger partial charge in [-0.3, -0.25) is 0 Å². The fourth-order valence-electron chi connectivity index (χ4n) is 4.64. The number of aliphatic hydroxyl groups excluding tert-OH is 7. The average molecular weight is 656 g/mol. The maximum absolute atomic E-state index is 10.8. The molecule has 0 spiro atoms. The molecule has 7 unspecified atom stereocenters. The molecule has 3 aliphatic heterocycles. The summed E-state index contributed by atoms with van der Waals surface area (Å²) in [4.78, 5) is 11.2. The summed E-state index contributed by atoms with van der Waals surface area (Å²) in [6.07, 6.45) is -16.2. The zero-order valence-corrected chi connectivity index (χ0v) is 22.7. The van der Waals surface area contributed by atoms with Crippen LogP contribution in [0.5, 0.6) is 0 Å². The van der Waals surface area contributed by atoms with E-state index in [0.717, 1.165) is 0 Å². The largest absolute Gasteiger partial charge is 0.394 e. The van der Waals surface area contributed by atoms with Crippen LogP contribution in [0.25, 0.3) is 0 Å². The third-order valence-corrected chi connectivity index (χ3v) is 7.79. The van der Waals surface area contributed by atoms with Crippen LogP contribution in [-0.2, 0) is 38.2 Å². The van der Waals surface area contributed by atoms with Crippen molar-refractivity contribution in [2.24, 2.45) is 0 Å². The van der Waals surface area contributed by atoms with Crippen LogP contribution >= 0.6 is 22.6 Å². The first-order valence-electron chi connectivity index (χ1n) is 11.8. The lowest BCUT2D eigenvalue weighted by atomic mass is 9.95. The van der Waals surface area contributed by atoms with Crippen LogP contribution in [0.15, 0.2) is 0 Å². The summed E-state index contributed by atoms with van der Waals surface area (Å²) >= 11 is 1.90. The summed E-state index contributed by atoms with van der Waals surface area (Å²) in [6.45, 7) is -0.0604. The summed E-state index contributed by atoms with van der Waals surface area (Å²) in [5.74, 6) is 0. The van der Waals surface area contributed by atoms with Gasteiger partial charge in [0.1, 0.15) is 65.2 Å². The zero-order chi connectivity index (χ0) is 27.4. The van der Waals surface area contributed by atoms with Crippen molar-refractivity contribution in [3.63, 3.8) is 0 Å². The molecule has 3 fully saturated rings. The number of aliphatic hydroxyl groups is 7. The van der Waals surface area contributed by atoms with E-state index in [0.29, 0.717) is 0 Å². The number of hydrogen-bond acceptors (Lipinski definition) is 15. The molecule has 37 heavy (non-hydrogen) atoms. The van der Waals surface area contributed by atoms with Crippen LogP contribution in [-0.4, -0.2) is 160 Å². The normalized spacial score (nSPS) is 46.3. The first kappa shape index (κ1) is 31.7. The van der Waals surface area contributed by atoms with E-state index in [1.165, 1.54) is 14.2 Å². The van der Waals surface area contributed by atoms with E-state index in [9.17, 15) is 35.7 Å². The van der Waals surface area contributed by atoms with Crippen LogP contribution in [0.2, 0.25) is 0 Å². The molecule has 0 amide bonds. The Morgan fingerprint density at radius 1 is 0.811 bits per heavy atom. The minimum atomic E-state index is -1.56. The maximum atomic E-state index is 10.8. The first-order valence-corrected chi connectivity index (χ1v) is 13.1. The second-order valence-corrected chi connectivity index (χ2v) is 10.3. The number of alkyl halides is 1. The van der Waals surface area contributed by atoms with Crippen molar-refractivity contribution in [1.29, 1.82) is 0 Å². The standard InChI is InChI=1S/C21H37IO15/c1-7-11(27)17(35-21-13(29)12(28)15(34-21)9(5-24)30-2)16(10(6-25)32-7)36-37-19-18(31-3)14(8(26)4-23)33-20(19)22/h7-21,23-29H,4-6H2,1-3H3/t7?,8-,9-,10?,11?,12?,13?,14+,15+,16+,17?,18?,19+,20-,21+/m1/s1. The Hall–Kier alpha value is 0.130. The molecule has 3 saturated heterocycles. The highest BCUT2D eigenvalue weighted by molar-refractivity contribution is 14.1. The number of rotatable bonds is 12. The third kappa shape index (κ3) is 6.72. The Labute approximate surface area is 227 Å². The van der Waals surface area contributed by atoms with Gasteiger partial charge < -0.3 is 64.2 Å². The summed E-state index contributed by atoms with van der Waals surface area (Å²) in [5, 5.41) is 70.5. The smallest absolute Gasteiger partial charge is 0.187 e. The van der Waals surface area contributed by atoms with E-state index >= 15 is 0 Å². The molecule has 0 bridgehead atoms. The zero-order valence-electron chi connectivity index (χ0n) is 20.6. The lowest BCUT2D eigenvalue weighted by molar-refractivity contribution is -0.412. The van der Waals surface area contributed by atoms with Crippen molar-refractivity contribution in [3.8, 4) is 0 Å². The molecular weight excluding hydrogens is 619 g/mol. The van der Waals surface area contributed by atoms with E-state index in [2.05, 4.69) is 0 Å². The highest BCUT2D eigenvalue weighted by atomic mass is 127. The average Bonchev–Trinajstić information content (AvgIpc) is 3.36. The van der Waals surface area contributed by atoms with E-state index in [1.807, 2.05) is 22.6 Å². The molecule has 16 heteroatoms. The first-order chi connectivity index (χ1) is 17.6. The molecule has 3 heterocycles. The SMILES string of the molecule is COC1[C@H]([C@H](O)CO)O[C@@H](I)[C@H]1OO[C@H]1C(CO)OC(C)C(O)C1O[C@@H]1O[C@@H]([C@@H](CO)OC)C(O)C1O. The Bertz CT molecular complexity index is 688. The predicted octanol–water partition coefficient (Wildman–Crippen LogP) is -3.82. The monoisotopic (exact) mass is 656 g/mol. The molecule has 0 aromatic heterocycles. The number of ether oxygens (including phenoxy) is 6. The predicted molar refractivity (Wildman–Crippen MR) is 127 cm³/mol. The van der Waals surface area contributed by atoms with Crippen LogP contribution in [0.4, 0.5) is 0 Å². The second kappa shape index (κ2) is 14.2. The lowest BCUT2D eigenvalue weighted by Crippen LogP contribution is -2.61. The van der Waals surface area contributed by atoms with Gasteiger partial charge >= 0.3 is 0 Å². The van der Waals surface area contributed by atoms with Gasteiger partial charge in [0.25, 0.3) is 0 Å². The van der Waals surface area contributed by atoms with E-state index < -0.39 is 110 Å². The highest BCUT2D eigenvalue weighted by Gasteiger charge is 2.54. The minimum Gasteiger partial charge on any atom is -0.394 e. The Kier molecular flexibility index (Phi) is 12.1. The quantitative estimate of drug-likeness (QED) is 0.0464. The summed E-state index contributed by atoms with van der Waals surface area (Å²) in [5.41, 5.74) is 0. The van der Waals surface area contributed by atoms with E-state index in [-0.39, 0.29) is 0 Å². The lowest BCUT2D eigenvalue weighted by Gasteiger charge is -2.43. The van der Waals surface area contributed by atoms with Crippen LogP contribution < -0.4 is 0 Å². The van der Waals surface area contributed by atoms with Gasteiger partial charge in [0.2, 0.25) is 0 Å². The minimum absolute atomic E-state index is 0.492. The Balaban J connectivity index is 1.76.